The first-order valence-electron chi connectivity index (χ1n) is 7.76. The van der Waals surface area contributed by atoms with Crippen molar-refractivity contribution in [3.05, 3.63) is 53.6 Å². The van der Waals surface area contributed by atoms with Crippen LogP contribution in [0.1, 0.15) is 20.7 Å². The Morgan fingerprint density at radius 3 is 2.50 bits per heavy atom. The van der Waals surface area contributed by atoms with Gasteiger partial charge in [0.25, 0.3) is 11.8 Å². The maximum absolute atomic E-state index is 12.3. The molecule has 8 heteroatoms. The highest BCUT2D eigenvalue weighted by Gasteiger charge is 2.36. The van der Waals surface area contributed by atoms with Crippen molar-refractivity contribution >= 4 is 44.4 Å². The Hall–Kier alpha value is -3.26. The van der Waals surface area contributed by atoms with Gasteiger partial charge in [0.1, 0.15) is 12.3 Å². The van der Waals surface area contributed by atoms with E-state index in [1.54, 1.807) is 43.5 Å². The lowest BCUT2D eigenvalue weighted by molar-refractivity contribution is -0.116. The zero-order chi connectivity index (χ0) is 18.3. The third-order valence-electron chi connectivity index (χ3n) is 4.02. The summed E-state index contributed by atoms with van der Waals surface area (Å²) < 4.78 is 6.03. The maximum atomic E-state index is 12.3. The number of aromatic nitrogens is 1. The van der Waals surface area contributed by atoms with Crippen LogP contribution < -0.4 is 10.1 Å². The molecular weight excluding hydrogens is 354 g/mol. The number of imide groups is 1. The molecule has 7 nitrogen and oxygen atoms in total. The Balaban J connectivity index is 1.50. The molecule has 0 saturated heterocycles. The number of fused-ring (bicyclic) bond motifs is 2. The lowest BCUT2D eigenvalue weighted by atomic mass is 10.1. The normalized spacial score (nSPS) is 13.2. The van der Waals surface area contributed by atoms with Gasteiger partial charge in [0.2, 0.25) is 5.91 Å². The van der Waals surface area contributed by atoms with Crippen LogP contribution in [0.4, 0.5) is 5.13 Å². The lowest BCUT2D eigenvalue weighted by Gasteiger charge is -2.12. The summed E-state index contributed by atoms with van der Waals surface area (Å²) in [6, 6.07) is 11.9. The zero-order valence-electron chi connectivity index (χ0n) is 13.7. The number of ether oxygens (including phenoxy) is 1. The van der Waals surface area contributed by atoms with Crippen molar-refractivity contribution in [3.8, 4) is 5.75 Å². The van der Waals surface area contributed by atoms with E-state index in [4.69, 9.17) is 4.74 Å². The molecule has 0 aliphatic carbocycles. The number of rotatable bonds is 4. The van der Waals surface area contributed by atoms with Crippen molar-refractivity contribution in [1.82, 2.24) is 9.88 Å². The average Bonchev–Trinajstić information content (AvgIpc) is 3.15. The fourth-order valence-corrected chi connectivity index (χ4v) is 3.68. The summed E-state index contributed by atoms with van der Waals surface area (Å²) >= 11 is 1.29. The molecule has 2 aromatic carbocycles. The quantitative estimate of drug-likeness (QED) is 0.716. The number of nitrogens with zero attached hydrogens (tertiary/aromatic N) is 2. The highest BCUT2D eigenvalue weighted by molar-refractivity contribution is 7.22. The van der Waals surface area contributed by atoms with Crippen molar-refractivity contribution < 1.29 is 19.1 Å². The summed E-state index contributed by atoms with van der Waals surface area (Å²) in [6.45, 7) is -0.356. The standard InChI is InChI=1S/C18H13N3O4S/c1-25-10-6-7-13-14(8-10)26-18(19-13)20-15(22)9-21-16(23)11-4-2-3-5-12(11)17(21)24/h2-8H,9H2,1H3,(H,19,20,22). The van der Waals surface area contributed by atoms with Crippen molar-refractivity contribution in [2.45, 2.75) is 0 Å². The van der Waals surface area contributed by atoms with Gasteiger partial charge < -0.3 is 10.1 Å². The molecule has 0 radical (unpaired) electrons. The molecule has 130 valence electrons. The number of carbonyl (C=O) groups is 3. The predicted octanol–water partition coefficient (Wildman–Crippen LogP) is 2.54. The molecule has 1 aliphatic heterocycles. The highest BCUT2D eigenvalue weighted by atomic mass is 32.1. The third kappa shape index (κ3) is 2.70. The highest BCUT2D eigenvalue weighted by Crippen LogP contribution is 2.29. The number of carbonyl (C=O) groups excluding carboxylic acids is 3. The van der Waals surface area contributed by atoms with E-state index in [-0.39, 0.29) is 6.54 Å². The van der Waals surface area contributed by atoms with E-state index in [0.717, 1.165) is 15.1 Å². The van der Waals surface area contributed by atoms with Gasteiger partial charge in [-0.2, -0.15) is 0 Å². The molecular formula is C18H13N3O4S. The second kappa shape index (κ2) is 6.23. The SMILES string of the molecule is COc1ccc2nc(NC(=O)CN3C(=O)c4ccccc4C3=O)sc2c1. The summed E-state index contributed by atoms with van der Waals surface area (Å²) in [7, 11) is 1.58. The Labute approximate surface area is 152 Å². The van der Waals surface area contributed by atoms with E-state index in [2.05, 4.69) is 10.3 Å². The van der Waals surface area contributed by atoms with Gasteiger partial charge >= 0.3 is 0 Å². The Morgan fingerprint density at radius 2 is 1.85 bits per heavy atom. The molecule has 0 atom stereocenters. The molecule has 26 heavy (non-hydrogen) atoms. The number of benzene rings is 2. The van der Waals surface area contributed by atoms with E-state index in [1.165, 1.54) is 11.3 Å². The van der Waals surface area contributed by atoms with Crippen molar-refractivity contribution in [2.75, 3.05) is 19.0 Å². The molecule has 1 aliphatic rings. The van der Waals surface area contributed by atoms with Crippen LogP contribution in [0.2, 0.25) is 0 Å². The minimum Gasteiger partial charge on any atom is -0.497 e. The van der Waals surface area contributed by atoms with Gasteiger partial charge in [-0.1, -0.05) is 23.5 Å². The first-order valence-corrected chi connectivity index (χ1v) is 8.58. The topological polar surface area (TPSA) is 88.6 Å². The number of hydrogen-bond acceptors (Lipinski definition) is 6. The number of thiazole rings is 1. The molecule has 2 heterocycles. The van der Waals surface area contributed by atoms with Crippen LogP contribution in [0.5, 0.6) is 5.75 Å². The molecule has 0 spiro atoms. The molecule has 3 amide bonds. The van der Waals surface area contributed by atoms with Crippen LogP contribution in [0.25, 0.3) is 10.2 Å². The molecule has 3 aromatic rings. The van der Waals surface area contributed by atoms with Crippen molar-refractivity contribution in [1.29, 1.82) is 0 Å². The first-order chi connectivity index (χ1) is 12.6. The monoisotopic (exact) mass is 367 g/mol. The second-order valence-corrected chi connectivity index (χ2v) is 6.67. The van der Waals surface area contributed by atoms with E-state index in [1.807, 2.05) is 6.07 Å². The van der Waals surface area contributed by atoms with Crippen LogP contribution in [-0.4, -0.2) is 41.3 Å². The van der Waals surface area contributed by atoms with E-state index in [0.29, 0.717) is 22.0 Å². The molecule has 0 saturated carbocycles. The van der Waals surface area contributed by atoms with Gasteiger partial charge in [-0.25, -0.2) is 4.98 Å². The number of methoxy groups -OCH3 is 1. The number of amides is 3. The average molecular weight is 367 g/mol. The van der Waals surface area contributed by atoms with Gasteiger partial charge in [0.05, 0.1) is 28.5 Å². The van der Waals surface area contributed by atoms with Gasteiger partial charge in [0, 0.05) is 0 Å². The van der Waals surface area contributed by atoms with Crippen LogP contribution in [0, 0.1) is 0 Å². The van der Waals surface area contributed by atoms with E-state index < -0.39 is 17.7 Å². The lowest BCUT2D eigenvalue weighted by Crippen LogP contribution is -2.37. The smallest absolute Gasteiger partial charge is 0.262 e. The summed E-state index contributed by atoms with van der Waals surface area (Å²) in [5, 5.41) is 3.04. The van der Waals surface area contributed by atoms with Crippen LogP contribution in [0.3, 0.4) is 0 Å². The van der Waals surface area contributed by atoms with Crippen molar-refractivity contribution in [3.63, 3.8) is 0 Å². The number of hydrogen-bond donors (Lipinski definition) is 1. The van der Waals surface area contributed by atoms with Gasteiger partial charge in [-0.05, 0) is 30.3 Å². The summed E-state index contributed by atoms with van der Waals surface area (Å²) in [5.41, 5.74) is 1.36. The fourth-order valence-electron chi connectivity index (χ4n) is 2.77. The molecule has 0 unspecified atom stereocenters. The van der Waals surface area contributed by atoms with E-state index >= 15 is 0 Å². The summed E-state index contributed by atoms with van der Waals surface area (Å²) in [6.07, 6.45) is 0. The number of anilines is 1. The van der Waals surface area contributed by atoms with E-state index in [9.17, 15) is 14.4 Å². The molecule has 1 N–H and O–H groups in total. The van der Waals surface area contributed by atoms with Gasteiger partial charge in [-0.3, -0.25) is 19.3 Å². The van der Waals surface area contributed by atoms with Crippen LogP contribution in [0.15, 0.2) is 42.5 Å². The first kappa shape index (κ1) is 16.2. The molecule has 4 rings (SSSR count). The fraction of sp³-hybridized carbons (Fsp3) is 0.111. The zero-order valence-corrected chi connectivity index (χ0v) is 14.5. The number of nitrogens with one attached hydrogen (secondary N) is 1. The minimum absolute atomic E-state index is 0.317. The van der Waals surface area contributed by atoms with Crippen LogP contribution in [-0.2, 0) is 4.79 Å². The summed E-state index contributed by atoms with van der Waals surface area (Å²) in [5.74, 6) is -0.708. The predicted molar refractivity (Wildman–Crippen MR) is 96.6 cm³/mol. The Bertz CT molecular complexity index is 1020. The largest absolute Gasteiger partial charge is 0.497 e. The molecule has 1 aromatic heterocycles. The third-order valence-corrected chi connectivity index (χ3v) is 4.96. The van der Waals surface area contributed by atoms with Gasteiger partial charge in [-0.15, -0.1) is 0 Å². The summed E-state index contributed by atoms with van der Waals surface area (Å²) in [4.78, 5) is 42.2. The Morgan fingerprint density at radius 1 is 1.15 bits per heavy atom. The van der Waals surface area contributed by atoms with Gasteiger partial charge in [0.15, 0.2) is 5.13 Å². The molecule has 0 fully saturated rings. The Kier molecular flexibility index (Phi) is 3.89. The maximum Gasteiger partial charge on any atom is 0.262 e. The minimum atomic E-state index is -0.481. The van der Waals surface area contributed by atoms with Crippen LogP contribution >= 0.6 is 11.3 Å². The molecule has 0 bridgehead atoms. The second-order valence-electron chi connectivity index (χ2n) is 5.64. The van der Waals surface area contributed by atoms with Crippen molar-refractivity contribution in [2.24, 2.45) is 0 Å².